The summed E-state index contributed by atoms with van der Waals surface area (Å²) in [5.74, 6) is -2.53. The Morgan fingerprint density at radius 3 is 1.84 bits per heavy atom. The number of imidazole rings is 2. The van der Waals surface area contributed by atoms with E-state index >= 15 is 0 Å². The van der Waals surface area contributed by atoms with Crippen LogP contribution < -0.4 is 0 Å². The van der Waals surface area contributed by atoms with E-state index in [4.69, 9.17) is 16.3 Å². The van der Waals surface area contributed by atoms with Crippen LogP contribution in [0.4, 0.5) is 26.3 Å². The Morgan fingerprint density at radius 1 is 0.841 bits per heavy atom. The van der Waals surface area contributed by atoms with E-state index in [0.717, 1.165) is 12.4 Å². The van der Waals surface area contributed by atoms with Gasteiger partial charge in [0, 0.05) is 23.0 Å². The topological polar surface area (TPSA) is 113 Å². The Bertz CT molecular complexity index is 1860. The lowest BCUT2D eigenvalue weighted by atomic mass is 10.1. The van der Waals surface area contributed by atoms with Crippen LogP contribution in [0.25, 0.3) is 22.8 Å². The number of fused-ring (bicyclic) bond motifs is 2. The maximum Gasteiger partial charge on any atom is 0.434 e. The van der Waals surface area contributed by atoms with Crippen molar-refractivity contribution in [3.05, 3.63) is 81.2 Å². The molecule has 10 nitrogen and oxygen atoms in total. The van der Waals surface area contributed by atoms with Crippen molar-refractivity contribution in [2.24, 2.45) is 0 Å². The van der Waals surface area contributed by atoms with Crippen LogP contribution in [-0.2, 0) is 21.8 Å². The molecular weight excluding hydrogens is 690 g/mol. The third-order valence-corrected chi connectivity index (χ3v) is 6.43. The molecule has 0 saturated carbocycles. The molecule has 1 aromatic carbocycles. The standard InChI is InChI=1S/C16H11ClF3N3O2.C10H7BrF3N3O2/c1-2-25-14(24)11-8-23-12(9-4-3-5-10(17)6-9)7-21-15(23)22-13(11)16(18,19)20;1-2-19-8(18)5-4-17-6(11)3-15-9(17)16-7(5)10(12,13)14/h3-8H,2H2,1H3;3-4H,2H2,1H3. The highest BCUT2D eigenvalue weighted by Gasteiger charge is 2.40. The average molecular weight is 708 g/mol. The number of halogens is 8. The highest BCUT2D eigenvalue weighted by atomic mass is 79.9. The van der Waals surface area contributed by atoms with Gasteiger partial charge in [-0.25, -0.2) is 29.5 Å². The summed E-state index contributed by atoms with van der Waals surface area (Å²) in [6.45, 7) is 2.93. The van der Waals surface area contributed by atoms with Gasteiger partial charge in [-0.1, -0.05) is 23.7 Å². The maximum atomic E-state index is 13.2. The van der Waals surface area contributed by atoms with E-state index in [1.54, 1.807) is 24.3 Å². The molecule has 0 aliphatic heterocycles. The van der Waals surface area contributed by atoms with Crippen LogP contribution in [-0.4, -0.2) is 53.9 Å². The van der Waals surface area contributed by atoms with E-state index in [0.29, 0.717) is 20.9 Å². The first-order chi connectivity index (χ1) is 20.6. The quantitative estimate of drug-likeness (QED) is 0.143. The van der Waals surface area contributed by atoms with Crippen molar-refractivity contribution in [2.75, 3.05) is 13.2 Å². The van der Waals surface area contributed by atoms with Gasteiger partial charge in [0.1, 0.15) is 15.7 Å². The van der Waals surface area contributed by atoms with E-state index in [-0.39, 0.29) is 24.8 Å². The molecule has 0 N–H and O–H groups in total. The number of alkyl halides is 6. The predicted octanol–water partition coefficient (Wildman–Crippen LogP) is 6.93. The smallest absolute Gasteiger partial charge is 0.434 e. The maximum absolute atomic E-state index is 13.2. The van der Waals surface area contributed by atoms with Gasteiger partial charge in [0.05, 0.1) is 31.3 Å². The molecule has 0 atom stereocenters. The van der Waals surface area contributed by atoms with Crippen molar-refractivity contribution < 1.29 is 45.4 Å². The van der Waals surface area contributed by atoms with Crippen molar-refractivity contribution in [1.82, 2.24) is 28.7 Å². The summed E-state index contributed by atoms with van der Waals surface area (Å²) in [7, 11) is 0. The Kier molecular flexibility index (Phi) is 9.48. The molecule has 0 spiro atoms. The van der Waals surface area contributed by atoms with Crippen LogP contribution >= 0.6 is 27.5 Å². The first kappa shape index (κ1) is 32.7. The number of hydrogen-bond donors (Lipinski definition) is 0. The highest BCUT2D eigenvalue weighted by molar-refractivity contribution is 9.10. The molecule has 44 heavy (non-hydrogen) atoms. The lowest BCUT2D eigenvalue weighted by Gasteiger charge is -2.12. The van der Waals surface area contributed by atoms with Crippen molar-refractivity contribution >= 4 is 51.0 Å². The molecule has 0 aliphatic carbocycles. The Balaban J connectivity index is 0.000000209. The van der Waals surface area contributed by atoms with Crippen molar-refractivity contribution in [3.63, 3.8) is 0 Å². The second-order valence-corrected chi connectivity index (χ2v) is 9.77. The van der Waals surface area contributed by atoms with Crippen LogP contribution in [0.2, 0.25) is 5.02 Å². The second kappa shape index (κ2) is 12.8. The minimum Gasteiger partial charge on any atom is -0.462 e. The van der Waals surface area contributed by atoms with E-state index in [9.17, 15) is 35.9 Å². The zero-order chi connectivity index (χ0) is 32.4. The number of benzene rings is 1. The van der Waals surface area contributed by atoms with Gasteiger partial charge in [0.25, 0.3) is 0 Å². The van der Waals surface area contributed by atoms with E-state index < -0.39 is 46.8 Å². The zero-order valence-electron chi connectivity index (χ0n) is 22.4. The lowest BCUT2D eigenvalue weighted by Crippen LogP contribution is -2.19. The van der Waals surface area contributed by atoms with Crippen LogP contribution in [0.1, 0.15) is 46.0 Å². The summed E-state index contributed by atoms with van der Waals surface area (Å²) in [4.78, 5) is 38.0. The molecule has 0 radical (unpaired) electrons. The second-order valence-electron chi connectivity index (χ2n) is 8.52. The summed E-state index contributed by atoms with van der Waals surface area (Å²) in [5.41, 5.74) is -2.90. The lowest BCUT2D eigenvalue weighted by molar-refractivity contribution is -0.142. The fourth-order valence-electron chi connectivity index (χ4n) is 3.81. The number of ether oxygens (including phenoxy) is 2. The highest BCUT2D eigenvalue weighted by Crippen LogP contribution is 2.33. The number of carbonyl (C=O) groups is 2. The average Bonchev–Trinajstić information content (AvgIpc) is 3.54. The molecule has 5 aromatic rings. The summed E-state index contributed by atoms with van der Waals surface area (Å²) >= 11 is 9.04. The molecule has 0 fully saturated rings. The summed E-state index contributed by atoms with van der Waals surface area (Å²) in [6, 6.07) is 6.71. The zero-order valence-corrected chi connectivity index (χ0v) is 24.7. The van der Waals surface area contributed by atoms with Gasteiger partial charge in [-0.15, -0.1) is 0 Å². The van der Waals surface area contributed by atoms with E-state index in [1.165, 1.54) is 35.0 Å². The van der Waals surface area contributed by atoms with E-state index in [1.807, 2.05) is 0 Å². The molecule has 0 amide bonds. The Hall–Kier alpha value is -4.25. The monoisotopic (exact) mass is 706 g/mol. The fraction of sp³-hybridized carbons (Fsp3) is 0.231. The van der Waals surface area contributed by atoms with E-state index in [2.05, 4.69) is 40.6 Å². The van der Waals surface area contributed by atoms with Crippen LogP contribution in [0.3, 0.4) is 0 Å². The number of aromatic nitrogens is 6. The number of carbonyl (C=O) groups excluding carboxylic acids is 2. The fourth-order valence-corrected chi connectivity index (χ4v) is 4.36. The normalized spacial score (nSPS) is 11.8. The molecular formula is C26H18BrClF6N6O4. The SMILES string of the molecule is CCOC(=O)c1cn2c(-c3cccc(Cl)c3)cnc2nc1C(F)(F)F.CCOC(=O)c1cn2c(Br)cnc2nc1C(F)(F)F. The van der Waals surface area contributed by atoms with Crippen LogP contribution in [0.15, 0.2) is 53.7 Å². The van der Waals surface area contributed by atoms with Gasteiger partial charge in [0.2, 0.25) is 11.6 Å². The molecule has 0 bridgehead atoms. The molecule has 18 heteroatoms. The summed E-state index contributed by atoms with van der Waals surface area (Å²) < 4.78 is 90.5. The van der Waals surface area contributed by atoms with Gasteiger partial charge in [-0.05, 0) is 41.9 Å². The van der Waals surface area contributed by atoms with Crippen LogP contribution in [0, 0.1) is 0 Å². The van der Waals surface area contributed by atoms with Gasteiger partial charge >= 0.3 is 24.3 Å². The Labute approximate surface area is 256 Å². The summed E-state index contributed by atoms with van der Waals surface area (Å²) in [6.07, 6.45) is -4.89. The number of nitrogens with zero attached hydrogens (tertiary/aromatic N) is 6. The minimum atomic E-state index is -4.81. The summed E-state index contributed by atoms with van der Waals surface area (Å²) in [5, 5.41) is 0.456. The molecule has 0 aliphatic rings. The molecule has 232 valence electrons. The molecule has 5 rings (SSSR count). The van der Waals surface area contributed by atoms with Gasteiger partial charge < -0.3 is 9.47 Å². The third-order valence-electron chi connectivity index (χ3n) is 5.61. The molecule has 0 saturated heterocycles. The van der Waals surface area contributed by atoms with Crippen LogP contribution in [0.5, 0.6) is 0 Å². The molecule has 4 heterocycles. The molecule has 0 unspecified atom stereocenters. The van der Waals surface area contributed by atoms with Crippen molar-refractivity contribution in [2.45, 2.75) is 26.2 Å². The van der Waals surface area contributed by atoms with Gasteiger partial charge in [-0.2, -0.15) is 26.3 Å². The minimum absolute atomic E-state index is 0.0285. The van der Waals surface area contributed by atoms with Gasteiger partial charge in [0.15, 0.2) is 11.4 Å². The number of esters is 2. The predicted molar refractivity (Wildman–Crippen MR) is 146 cm³/mol. The number of rotatable bonds is 5. The third kappa shape index (κ3) is 6.93. The molecule has 4 aromatic heterocycles. The largest absolute Gasteiger partial charge is 0.462 e. The van der Waals surface area contributed by atoms with Gasteiger partial charge in [-0.3, -0.25) is 8.80 Å². The Morgan fingerprint density at radius 2 is 1.34 bits per heavy atom. The van der Waals surface area contributed by atoms with Crippen molar-refractivity contribution in [3.8, 4) is 11.3 Å². The first-order valence-corrected chi connectivity index (χ1v) is 13.5. The van der Waals surface area contributed by atoms with Crippen molar-refractivity contribution in [1.29, 1.82) is 0 Å². The first-order valence-electron chi connectivity index (χ1n) is 12.3. The number of hydrogen-bond acceptors (Lipinski definition) is 8.